The van der Waals surface area contributed by atoms with Gasteiger partial charge in [-0.1, -0.05) is 47.8 Å². The van der Waals surface area contributed by atoms with Gasteiger partial charge in [-0.2, -0.15) is 0 Å². The van der Waals surface area contributed by atoms with Crippen LogP contribution in [-0.4, -0.2) is 7.56 Å². The minimum absolute atomic E-state index is 0.295. The minimum Gasteiger partial charge on any atom is -0.0846 e. The Hall–Kier alpha value is 1.44. The van der Waals surface area contributed by atoms with E-state index in [0.29, 0.717) is 7.56 Å². The highest BCUT2D eigenvalue weighted by molar-refractivity contribution is 9.25. The second kappa shape index (κ2) is 1.96. The van der Waals surface area contributed by atoms with Crippen molar-refractivity contribution in [1.82, 2.24) is 0 Å². The first kappa shape index (κ1) is 8.52. The lowest BCUT2D eigenvalue weighted by molar-refractivity contribution is 0.149. The molecule has 6 aliphatic rings. The van der Waals surface area contributed by atoms with Crippen LogP contribution in [0.3, 0.4) is 0 Å². The first-order chi connectivity index (χ1) is 6.57. The van der Waals surface area contributed by atoms with E-state index < -0.39 is 0 Å². The highest BCUT2D eigenvalue weighted by atomic mass is 79.9. The summed E-state index contributed by atoms with van der Waals surface area (Å²) in [5.74, 6) is 7.08. The summed E-state index contributed by atoms with van der Waals surface area (Å²) >= 11 is 12.2. The highest BCUT2D eigenvalue weighted by Gasteiger charge is 2.88. The van der Waals surface area contributed by atoms with E-state index in [4.69, 9.17) is 0 Å². The van der Waals surface area contributed by atoms with Crippen LogP contribution in [0.5, 0.6) is 0 Å². The van der Waals surface area contributed by atoms with E-state index in [2.05, 4.69) is 47.8 Å². The molecule has 6 aliphatic carbocycles. The van der Waals surface area contributed by atoms with Crippen LogP contribution in [-0.2, 0) is 0 Å². The molecule has 0 aliphatic heterocycles. The minimum atomic E-state index is 0.295. The standard InChI is InChI=1S/C11H11Br3/c12-10-2-5-3-1-4-6(5)9(10)11(13,14)8(4)7(3)10/h3-9H,1-2H2/t3-,4-,5+,6+,7-,8-,9+,10+/m0/s1. The second-order valence-electron chi connectivity index (χ2n) is 6.14. The zero-order valence-corrected chi connectivity index (χ0v) is 12.3. The van der Waals surface area contributed by atoms with Crippen LogP contribution in [0.1, 0.15) is 12.8 Å². The SMILES string of the molecule is BrC1(Br)[C@H]2[C@H]3C[C@H]4[C@H]5C[C@@](Br)([C@@H]42)[C@H]1[C@@H]53. The summed E-state index contributed by atoms with van der Waals surface area (Å²) in [5, 5.41) is 0. The molecular weight excluding hydrogens is 372 g/mol. The molecule has 0 amide bonds. The van der Waals surface area contributed by atoms with Gasteiger partial charge in [0.15, 0.2) is 0 Å². The van der Waals surface area contributed by atoms with Crippen molar-refractivity contribution >= 4 is 47.8 Å². The largest absolute Gasteiger partial charge is 0.0883 e. The van der Waals surface area contributed by atoms with Crippen molar-refractivity contribution < 1.29 is 0 Å². The molecule has 6 fully saturated rings. The topological polar surface area (TPSA) is 0 Å². The zero-order chi connectivity index (χ0) is 9.46. The van der Waals surface area contributed by atoms with Gasteiger partial charge in [-0.25, -0.2) is 0 Å². The van der Waals surface area contributed by atoms with E-state index in [1.807, 2.05) is 0 Å². The molecule has 0 heterocycles. The van der Waals surface area contributed by atoms with E-state index in [-0.39, 0.29) is 0 Å². The molecule has 3 heteroatoms. The number of hydrogen-bond donors (Lipinski definition) is 0. The Labute approximate surface area is 109 Å². The summed E-state index contributed by atoms with van der Waals surface area (Å²) in [7, 11) is 0. The summed E-state index contributed by atoms with van der Waals surface area (Å²) in [4.78, 5) is 0. The average Bonchev–Trinajstić information content (AvgIpc) is 2.70. The average molecular weight is 383 g/mol. The smallest absolute Gasteiger partial charge is 0.0846 e. The van der Waals surface area contributed by atoms with Gasteiger partial charge < -0.3 is 0 Å². The molecule has 14 heavy (non-hydrogen) atoms. The fourth-order valence-corrected chi connectivity index (χ4v) is 11.4. The van der Waals surface area contributed by atoms with Gasteiger partial charge in [0.05, 0.1) is 3.23 Å². The van der Waals surface area contributed by atoms with Crippen molar-refractivity contribution in [3.05, 3.63) is 0 Å². The molecule has 6 bridgehead atoms. The van der Waals surface area contributed by atoms with Gasteiger partial charge in [-0.3, -0.25) is 0 Å². The molecule has 0 aromatic rings. The van der Waals surface area contributed by atoms with Crippen molar-refractivity contribution in [2.24, 2.45) is 41.4 Å². The van der Waals surface area contributed by atoms with Gasteiger partial charge in [-0.15, -0.1) is 0 Å². The number of rotatable bonds is 0. The number of halogens is 3. The van der Waals surface area contributed by atoms with Crippen LogP contribution in [0.15, 0.2) is 0 Å². The van der Waals surface area contributed by atoms with Gasteiger partial charge in [0.25, 0.3) is 0 Å². The van der Waals surface area contributed by atoms with Crippen LogP contribution in [0, 0.1) is 41.4 Å². The van der Waals surface area contributed by atoms with E-state index in [9.17, 15) is 0 Å². The maximum Gasteiger partial charge on any atom is 0.0883 e. The second-order valence-corrected chi connectivity index (χ2v) is 11.3. The van der Waals surface area contributed by atoms with E-state index in [0.717, 1.165) is 41.4 Å². The predicted octanol–water partition coefficient (Wildman–Crippen LogP) is 3.77. The third-order valence-corrected chi connectivity index (χ3v) is 9.65. The van der Waals surface area contributed by atoms with Crippen LogP contribution in [0.4, 0.5) is 0 Å². The Bertz CT molecular complexity index is 366. The molecule has 0 N–H and O–H groups in total. The molecule has 76 valence electrons. The Morgan fingerprint density at radius 2 is 1.71 bits per heavy atom. The summed E-state index contributed by atoms with van der Waals surface area (Å²) in [6.07, 6.45) is 3.02. The Morgan fingerprint density at radius 1 is 0.929 bits per heavy atom. The summed E-state index contributed by atoms with van der Waals surface area (Å²) in [5.41, 5.74) is 0. The van der Waals surface area contributed by atoms with Gasteiger partial charge in [0.2, 0.25) is 0 Å². The lowest BCUT2D eigenvalue weighted by Crippen LogP contribution is -2.39. The van der Waals surface area contributed by atoms with Gasteiger partial charge in [0.1, 0.15) is 0 Å². The fourth-order valence-electron chi connectivity index (χ4n) is 6.48. The van der Waals surface area contributed by atoms with Crippen LogP contribution in [0.25, 0.3) is 0 Å². The lowest BCUT2D eigenvalue weighted by atomic mass is 9.71. The van der Waals surface area contributed by atoms with E-state index in [1.54, 1.807) is 6.42 Å². The Kier molecular flexibility index (Phi) is 1.20. The predicted molar refractivity (Wildman–Crippen MR) is 65.9 cm³/mol. The Morgan fingerprint density at radius 3 is 2.43 bits per heavy atom. The van der Waals surface area contributed by atoms with Gasteiger partial charge >= 0.3 is 0 Å². The van der Waals surface area contributed by atoms with Crippen molar-refractivity contribution in [3.8, 4) is 0 Å². The number of alkyl halides is 3. The van der Waals surface area contributed by atoms with Crippen molar-refractivity contribution in [3.63, 3.8) is 0 Å². The molecule has 8 atom stereocenters. The van der Waals surface area contributed by atoms with Crippen molar-refractivity contribution in [1.29, 1.82) is 0 Å². The molecule has 0 aromatic carbocycles. The molecule has 0 spiro atoms. The molecule has 0 saturated heterocycles. The van der Waals surface area contributed by atoms with Crippen molar-refractivity contribution in [2.45, 2.75) is 20.4 Å². The van der Waals surface area contributed by atoms with Gasteiger partial charge in [-0.05, 0) is 48.3 Å². The third kappa shape index (κ3) is 0.533. The molecule has 6 saturated carbocycles. The molecule has 0 radical (unpaired) electrons. The van der Waals surface area contributed by atoms with Crippen LogP contribution in [0.2, 0.25) is 0 Å². The zero-order valence-electron chi connectivity index (χ0n) is 7.59. The monoisotopic (exact) mass is 380 g/mol. The third-order valence-electron chi connectivity index (χ3n) is 6.26. The normalized spacial score (nSPS) is 78.6. The van der Waals surface area contributed by atoms with Crippen molar-refractivity contribution in [2.75, 3.05) is 0 Å². The Balaban J connectivity index is 1.89. The first-order valence-corrected chi connectivity index (χ1v) is 8.01. The van der Waals surface area contributed by atoms with Crippen LogP contribution < -0.4 is 0 Å². The maximum atomic E-state index is 4.13. The first-order valence-electron chi connectivity index (χ1n) is 5.63. The van der Waals surface area contributed by atoms with Crippen LogP contribution >= 0.6 is 47.8 Å². The lowest BCUT2D eigenvalue weighted by Gasteiger charge is -2.38. The summed E-state index contributed by atoms with van der Waals surface area (Å²) < 4.78 is 0.821. The molecular formula is C11H11Br3. The maximum absolute atomic E-state index is 4.13. The molecule has 0 aromatic heterocycles. The molecule has 0 nitrogen and oxygen atoms in total. The highest BCUT2D eigenvalue weighted by Crippen LogP contribution is 2.90. The molecule has 6 rings (SSSR count). The van der Waals surface area contributed by atoms with Gasteiger partial charge in [0, 0.05) is 10.2 Å². The summed E-state index contributed by atoms with van der Waals surface area (Å²) in [6.45, 7) is 0. The van der Waals surface area contributed by atoms with E-state index in [1.165, 1.54) is 6.42 Å². The number of hydrogen-bond acceptors (Lipinski definition) is 0. The van der Waals surface area contributed by atoms with E-state index >= 15 is 0 Å². The fraction of sp³-hybridized carbons (Fsp3) is 1.00. The quantitative estimate of drug-likeness (QED) is 0.559. The summed E-state index contributed by atoms with van der Waals surface area (Å²) in [6, 6.07) is 0. The molecule has 0 unspecified atom stereocenters.